The van der Waals surface area contributed by atoms with E-state index in [4.69, 9.17) is 18.9 Å². The van der Waals surface area contributed by atoms with Crippen LogP contribution in [0.3, 0.4) is 0 Å². The van der Waals surface area contributed by atoms with Gasteiger partial charge < -0.3 is 18.9 Å². The number of hydrogen-bond donors (Lipinski definition) is 1. The molecule has 4 aromatic carbocycles. The molecule has 0 spiro atoms. The van der Waals surface area contributed by atoms with E-state index >= 15 is 0 Å². The fourth-order valence-corrected chi connectivity index (χ4v) is 5.08. The third-order valence-corrected chi connectivity index (χ3v) is 7.34. The van der Waals surface area contributed by atoms with Crippen LogP contribution in [0.5, 0.6) is 23.0 Å². The molecule has 1 N–H and O–H groups in total. The Morgan fingerprint density at radius 3 is 2.25 bits per heavy atom. The maximum absolute atomic E-state index is 12.7. The first kappa shape index (κ1) is 30.2. The molecule has 0 atom stereocenters. The van der Waals surface area contributed by atoms with E-state index in [9.17, 15) is 4.79 Å². The van der Waals surface area contributed by atoms with Gasteiger partial charge in [-0.25, -0.2) is 5.43 Å². The summed E-state index contributed by atoms with van der Waals surface area (Å²) in [6.45, 7) is 0.463. The predicted molar refractivity (Wildman–Crippen MR) is 170 cm³/mol. The molecule has 0 fully saturated rings. The number of rotatable bonds is 13. The van der Waals surface area contributed by atoms with Crippen molar-refractivity contribution in [3.8, 4) is 40.1 Å². The van der Waals surface area contributed by atoms with Crippen molar-refractivity contribution < 1.29 is 23.7 Å². The van der Waals surface area contributed by atoms with Crippen LogP contribution in [-0.2, 0) is 11.4 Å². The summed E-state index contributed by atoms with van der Waals surface area (Å²) in [5.74, 6) is 2.49. The Bertz CT molecular complexity index is 1700. The Morgan fingerprint density at radius 2 is 1.57 bits per heavy atom. The van der Waals surface area contributed by atoms with E-state index in [0.717, 1.165) is 16.8 Å². The molecule has 1 heterocycles. The van der Waals surface area contributed by atoms with Crippen LogP contribution in [0.4, 0.5) is 0 Å². The smallest absolute Gasteiger partial charge is 0.250 e. The van der Waals surface area contributed by atoms with Crippen LogP contribution in [0.1, 0.15) is 11.1 Å². The lowest BCUT2D eigenvalue weighted by atomic mass is 10.1. The van der Waals surface area contributed by atoms with Gasteiger partial charge in [-0.05, 0) is 47.5 Å². The third-order valence-electron chi connectivity index (χ3n) is 6.41. The second-order valence-electron chi connectivity index (χ2n) is 9.32. The lowest BCUT2D eigenvalue weighted by molar-refractivity contribution is -0.118. The molecule has 44 heavy (non-hydrogen) atoms. The molecule has 0 saturated carbocycles. The van der Waals surface area contributed by atoms with E-state index in [0.29, 0.717) is 46.1 Å². The van der Waals surface area contributed by atoms with Crippen LogP contribution >= 0.6 is 11.8 Å². The van der Waals surface area contributed by atoms with Crippen molar-refractivity contribution >= 4 is 23.9 Å². The van der Waals surface area contributed by atoms with Gasteiger partial charge in [0, 0.05) is 11.3 Å². The molecule has 0 aliphatic heterocycles. The van der Waals surface area contributed by atoms with Crippen LogP contribution < -0.4 is 24.4 Å². The molecule has 0 radical (unpaired) electrons. The van der Waals surface area contributed by atoms with E-state index in [1.807, 2.05) is 102 Å². The van der Waals surface area contributed by atoms with Crippen molar-refractivity contribution in [1.29, 1.82) is 0 Å². The highest BCUT2D eigenvalue weighted by Gasteiger charge is 2.21. The number of nitrogens with zero attached hydrogens (tertiary/aromatic N) is 4. The van der Waals surface area contributed by atoms with Gasteiger partial charge in [0.1, 0.15) is 12.4 Å². The maximum atomic E-state index is 12.7. The zero-order chi connectivity index (χ0) is 30.7. The molecule has 5 rings (SSSR count). The number of carbonyl (C=O) groups excluding carboxylic acids is 1. The molecule has 0 bridgehead atoms. The van der Waals surface area contributed by atoms with E-state index in [-0.39, 0.29) is 11.7 Å². The topological polar surface area (TPSA) is 109 Å². The van der Waals surface area contributed by atoms with Crippen molar-refractivity contribution in [2.24, 2.45) is 5.10 Å². The Balaban J connectivity index is 1.28. The number of amides is 1. The first-order chi connectivity index (χ1) is 21.6. The van der Waals surface area contributed by atoms with Gasteiger partial charge in [0.15, 0.2) is 22.5 Å². The first-order valence-electron chi connectivity index (χ1n) is 13.6. The van der Waals surface area contributed by atoms with Crippen molar-refractivity contribution in [3.05, 3.63) is 108 Å². The second kappa shape index (κ2) is 14.7. The largest absolute Gasteiger partial charge is 0.493 e. The van der Waals surface area contributed by atoms with Gasteiger partial charge in [-0.15, -0.1) is 10.2 Å². The first-order valence-corrected chi connectivity index (χ1v) is 14.6. The zero-order valence-electron chi connectivity index (χ0n) is 24.5. The number of aromatic nitrogens is 3. The average molecular weight is 610 g/mol. The second-order valence-corrected chi connectivity index (χ2v) is 10.3. The molecule has 11 heteroatoms. The van der Waals surface area contributed by atoms with E-state index in [1.165, 1.54) is 11.8 Å². The predicted octanol–water partition coefficient (Wildman–Crippen LogP) is 5.78. The number of thioether (sulfide) groups is 1. The van der Waals surface area contributed by atoms with Gasteiger partial charge >= 0.3 is 0 Å². The van der Waals surface area contributed by atoms with Crippen molar-refractivity contribution in [2.75, 3.05) is 27.1 Å². The summed E-state index contributed by atoms with van der Waals surface area (Å²) in [5, 5.41) is 13.5. The van der Waals surface area contributed by atoms with Crippen molar-refractivity contribution in [3.63, 3.8) is 0 Å². The minimum absolute atomic E-state index is 0.0673. The van der Waals surface area contributed by atoms with E-state index in [2.05, 4.69) is 20.7 Å². The lowest BCUT2D eigenvalue weighted by Crippen LogP contribution is -2.20. The summed E-state index contributed by atoms with van der Waals surface area (Å²) in [5.41, 5.74) is 5.99. The maximum Gasteiger partial charge on any atom is 0.250 e. The molecular weight excluding hydrogens is 578 g/mol. The summed E-state index contributed by atoms with van der Waals surface area (Å²) in [6.07, 6.45) is 1.58. The number of para-hydroxylation sites is 1. The molecule has 1 amide bonds. The molecule has 1 aromatic heterocycles. The summed E-state index contributed by atoms with van der Waals surface area (Å²) in [7, 11) is 4.67. The Kier molecular flexibility index (Phi) is 10.1. The molecule has 224 valence electrons. The van der Waals surface area contributed by atoms with Crippen LogP contribution in [0, 0.1) is 0 Å². The van der Waals surface area contributed by atoms with Crippen LogP contribution in [0.25, 0.3) is 17.1 Å². The third kappa shape index (κ3) is 7.37. The molecule has 5 aromatic rings. The molecule has 10 nitrogen and oxygen atoms in total. The normalized spacial score (nSPS) is 10.9. The molecule has 0 aliphatic carbocycles. The Hall–Kier alpha value is -5.29. The lowest BCUT2D eigenvalue weighted by Gasteiger charge is -2.15. The Morgan fingerprint density at radius 1 is 0.864 bits per heavy atom. The van der Waals surface area contributed by atoms with Gasteiger partial charge in [-0.3, -0.25) is 9.36 Å². The fourth-order valence-electron chi connectivity index (χ4n) is 4.34. The number of methoxy groups -OCH3 is 3. The fraction of sp³-hybridized carbons (Fsp3) is 0.152. The van der Waals surface area contributed by atoms with Gasteiger partial charge in [0.2, 0.25) is 5.75 Å². The summed E-state index contributed by atoms with van der Waals surface area (Å²) < 4.78 is 24.3. The van der Waals surface area contributed by atoms with Gasteiger partial charge in [-0.2, -0.15) is 5.10 Å². The number of nitrogens with one attached hydrogen (secondary N) is 1. The SMILES string of the molecule is COc1cc(-c2nnc(SCC(=O)NN=Cc3cccc(OCc4ccccc4)c3)n2-c2ccccc2)cc(OC)c1OC. The summed E-state index contributed by atoms with van der Waals surface area (Å²) >= 11 is 1.24. The van der Waals surface area contributed by atoms with Crippen LogP contribution in [0.2, 0.25) is 0 Å². The molecule has 0 unspecified atom stereocenters. The standard InChI is InChI=1S/C33H31N5O5S/c1-40-28-18-25(19-29(41-2)31(28)42-3)32-36-37-33(38(32)26-14-8-5-9-15-26)44-22-30(39)35-34-20-24-13-10-16-27(17-24)43-21-23-11-6-4-7-12-23/h4-20H,21-22H2,1-3H3,(H,35,39). The van der Waals surface area contributed by atoms with Gasteiger partial charge in [0.25, 0.3) is 5.91 Å². The Labute approximate surface area is 259 Å². The highest BCUT2D eigenvalue weighted by atomic mass is 32.2. The summed E-state index contributed by atoms with van der Waals surface area (Å²) in [4.78, 5) is 12.7. The molecular formula is C33H31N5O5S. The van der Waals surface area contributed by atoms with E-state index in [1.54, 1.807) is 27.5 Å². The minimum atomic E-state index is -0.292. The van der Waals surface area contributed by atoms with Gasteiger partial charge in [-0.1, -0.05) is 72.4 Å². The van der Waals surface area contributed by atoms with Crippen molar-refractivity contribution in [1.82, 2.24) is 20.2 Å². The van der Waals surface area contributed by atoms with Crippen molar-refractivity contribution in [2.45, 2.75) is 11.8 Å². The van der Waals surface area contributed by atoms with Crippen LogP contribution in [0.15, 0.2) is 107 Å². The quantitative estimate of drug-likeness (QED) is 0.102. The number of ether oxygens (including phenoxy) is 4. The van der Waals surface area contributed by atoms with Crippen LogP contribution in [-0.4, -0.2) is 54.0 Å². The number of carbonyl (C=O) groups is 1. The zero-order valence-corrected chi connectivity index (χ0v) is 25.3. The monoisotopic (exact) mass is 609 g/mol. The van der Waals surface area contributed by atoms with Gasteiger partial charge in [0.05, 0.1) is 33.3 Å². The highest BCUT2D eigenvalue weighted by molar-refractivity contribution is 7.99. The minimum Gasteiger partial charge on any atom is -0.493 e. The summed E-state index contributed by atoms with van der Waals surface area (Å²) in [6, 6.07) is 30.7. The molecule has 0 aliphatic rings. The number of benzene rings is 4. The average Bonchev–Trinajstić information content (AvgIpc) is 3.51. The van der Waals surface area contributed by atoms with E-state index < -0.39 is 0 Å². The molecule has 0 saturated heterocycles. The highest BCUT2D eigenvalue weighted by Crippen LogP contribution is 2.41. The number of hydrogen-bond acceptors (Lipinski definition) is 9. The number of hydrazone groups is 1.